The van der Waals surface area contributed by atoms with Crippen LogP contribution in [0.4, 0.5) is 13.2 Å². The first kappa shape index (κ1) is 22.3. The number of ether oxygens (including phenoxy) is 2. The molecule has 0 atom stereocenters. The van der Waals surface area contributed by atoms with Crippen LogP contribution in [0.3, 0.4) is 0 Å². The van der Waals surface area contributed by atoms with Crippen molar-refractivity contribution in [2.75, 3.05) is 6.61 Å². The van der Waals surface area contributed by atoms with Crippen molar-refractivity contribution in [3.05, 3.63) is 102 Å². The molecule has 4 aromatic carbocycles. The summed E-state index contributed by atoms with van der Waals surface area (Å²) < 4.78 is 54.6. The summed E-state index contributed by atoms with van der Waals surface area (Å²) in [6.45, 7) is 2.29. The molecule has 0 fully saturated rings. The van der Waals surface area contributed by atoms with E-state index in [1.165, 1.54) is 42.5 Å². The third kappa shape index (κ3) is 4.95. The number of hydrogen-bond donors (Lipinski definition) is 1. The van der Waals surface area contributed by atoms with Gasteiger partial charge in [0, 0.05) is 22.8 Å². The van der Waals surface area contributed by atoms with Crippen molar-refractivity contribution in [1.82, 2.24) is 0 Å². The first-order valence-corrected chi connectivity index (χ1v) is 10.4. The van der Waals surface area contributed by atoms with Gasteiger partial charge in [-0.3, -0.25) is 0 Å². The molecule has 3 nitrogen and oxygen atoms in total. The van der Waals surface area contributed by atoms with Crippen molar-refractivity contribution >= 4 is 0 Å². The molecule has 0 radical (unpaired) electrons. The molecular formula is C27H21F3O3. The Morgan fingerprint density at radius 3 is 1.76 bits per heavy atom. The zero-order valence-electron chi connectivity index (χ0n) is 17.8. The molecule has 0 bridgehead atoms. The number of phenols is 1. The molecule has 0 heterocycles. The highest BCUT2D eigenvalue weighted by molar-refractivity contribution is 5.72. The van der Waals surface area contributed by atoms with Gasteiger partial charge in [-0.05, 0) is 54.4 Å². The molecule has 0 aliphatic rings. The Morgan fingerprint density at radius 1 is 0.667 bits per heavy atom. The molecule has 0 amide bonds. The van der Waals surface area contributed by atoms with E-state index in [0.29, 0.717) is 34.8 Å². The van der Waals surface area contributed by atoms with Gasteiger partial charge in [-0.25, -0.2) is 13.2 Å². The topological polar surface area (TPSA) is 38.7 Å². The smallest absolute Gasteiger partial charge is 0.167 e. The molecule has 0 aliphatic heterocycles. The zero-order chi connectivity index (χ0) is 23.4. The third-order valence-corrected chi connectivity index (χ3v) is 5.16. The highest BCUT2D eigenvalue weighted by atomic mass is 19.2. The van der Waals surface area contributed by atoms with Crippen LogP contribution in [0, 0.1) is 17.5 Å². The fourth-order valence-electron chi connectivity index (χ4n) is 3.43. The summed E-state index contributed by atoms with van der Waals surface area (Å²) in [6, 6.07) is 19.9. The standard InChI is InChI=1S/C27H21F3O3/c1-2-32-22-12-7-19(25(28)15-22)16-33-21-10-5-18(6-11-21)24-14-13-23(26(29)27(24)30)17-3-8-20(31)9-4-17/h3-15,31H,2,16H2,1H3. The number of halogens is 3. The number of aromatic hydroxyl groups is 1. The molecular weight excluding hydrogens is 429 g/mol. The number of hydrogen-bond acceptors (Lipinski definition) is 3. The molecule has 168 valence electrons. The summed E-state index contributed by atoms with van der Waals surface area (Å²) in [5.74, 6) is -1.40. The van der Waals surface area contributed by atoms with Crippen LogP contribution in [-0.2, 0) is 6.61 Å². The summed E-state index contributed by atoms with van der Waals surface area (Å²) in [5, 5.41) is 9.39. The Morgan fingerprint density at radius 2 is 1.21 bits per heavy atom. The highest BCUT2D eigenvalue weighted by Crippen LogP contribution is 2.33. The highest BCUT2D eigenvalue weighted by Gasteiger charge is 2.16. The van der Waals surface area contributed by atoms with Crippen LogP contribution in [0.2, 0.25) is 0 Å². The van der Waals surface area contributed by atoms with Crippen molar-refractivity contribution in [3.63, 3.8) is 0 Å². The van der Waals surface area contributed by atoms with Gasteiger partial charge in [0.05, 0.1) is 6.61 Å². The van der Waals surface area contributed by atoms with Crippen molar-refractivity contribution in [2.24, 2.45) is 0 Å². The Labute approximate surface area is 189 Å². The van der Waals surface area contributed by atoms with Crippen LogP contribution in [0.5, 0.6) is 17.2 Å². The molecule has 33 heavy (non-hydrogen) atoms. The maximum atomic E-state index is 14.8. The van der Waals surface area contributed by atoms with Crippen LogP contribution in [-0.4, -0.2) is 11.7 Å². The van der Waals surface area contributed by atoms with Crippen molar-refractivity contribution in [1.29, 1.82) is 0 Å². The van der Waals surface area contributed by atoms with Crippen LogP contribution >= 0.6 is 0 Å². The van der Waals surface area contributed by atoms with E-state index >= 15 is 0 Å². The summed E-state index contributed by atoms with van der Waals surface area (Å²) in [6.07, 6.45) is 0. The summed E-state index contributed by atoms with van der Waals surface area (Å²) in [7, 11) is 0. The predicted octanol–water partition coefficient (Wildman–Crippen LogP) is 7.12. The van der Waals surface area contributed by atoms with Crippen LogP contribution in [0.15, 0.2) is 78.9 Å². The minimum atomic E-state index is -0.968. The monoisotopic (exact) mass is 450 g/mol. The second-order valence-corrected chi connectivity index (χ2v) is 7.33. The maximum Gasteiger partial charge on any atom is 0.167 e. The molecule has 4 aromatic rings. The Kier molecular flexibility index (Phi) is 6.54. The SMILES string of the molecule is CCOc1ccc(COc2ccc(-c3ccc(-c4ccc(O)cc4)c(F)c3F)cc2)c(F)c1. The van der Waals surface area contributed by atoms with Crippen molar-refractivity contribution < 1.29 is 27.8 Å². The van der Waals surface area contributed by atoms with Gasteiger partial charge in [0.25, 0.3) is 0 Å². The van der Waals surface area contributed by atoms with Crippen molar-refractivity contribution in [2.45, 2.75) is 13.5 Å². The van der Waals surface area contributed by atoms with Crippen LogP contribution in [0.1, 0.15) is 12.5 Å². The summed E-state index contributed by atoms with van der Waals surface area (Å²) >= 11 is 0. The molecule has 0 aromatic heterocycles. The third-order valence-electron chi connectivity index (χ3n) is 5.16. The van der Waals surface area contributed by atoms with E-state index in [0.717, 1.165) is 0 Å². The minimum absolute atomic E-state index is 0.0158. The van der Waals surface area contributed by atoms with E-state index in [-0.39, 0.29) is 23.5 Å². The first-order chi connectivity index (χ1) is 16.0. The van der Waals surface area contributed by atoms with Gasteiger partial charge in [0.2, 0.25) is 0 Å². The number of benzene rings is 4. The fourth-order valence-corrected chi connectivity index (χ4v) is 3.43. The van der Waals surface area contributed by atoms with Crippen LogP contribution in [0.25, 0.3) is 22.3 Å². The Balaban J connectivity index is 1.49. The second-order valence-electron chi connectivity index (χ2n) is 7.33. The molecule has 0 saturated carbocycles. The lowest BCUT2D eigenvalue weighted by molar-refractivity contribution is 0.298. The first-order valence-electron chi connectivity index (χ1n) is 10.4. The normalized spacial score (nSPS) is 10.8. The van der Waals surface area contributed by atoms with E-state index < -0.39 is 17.5 Å². The van der Waals surface area contributed by atoms with E-state index in [1.807, 2.05) is 6.92 Å². The molecule has 1 N–H and O–H groups in total. The minimum Gasteiger partial charge on any atom is -0.508 e. The Bertz CT molecular complexity index is 1250. The fraction of sp³-hybridized carbons (Fsp3) is 0.111. The van der Waals surface area contributed by atoms with Crippen LogP contribution < -0.4 is 9.47 Å². The van der Waals surface area contributed by atoms with E-state index in [4.69, 9.17) is 9.47 Å². The lowest BCUT2D eigenvalue weighted by atomic mass is 9.98. The van der Waals surface area contributed by atoms with E-state index in [1.54, 1.807) is 36.4 Å². The average Bonchev–Trinajstić information content (AvgIpc) is 2.82. The summed E-state index contributed by atoms with van der Waals surface area (Å²) in [5.41, 5.74) is 1.53. The molecule has 0 aliphatic carbocycles. The second kappa shape index (κ2) is 9.69. The number of phenolic OH excluding ortho intramolecular Hbond substituents is 1. The van der Waals surface area contributed by atoms with E-state index in [9.17, 15) is 18.3 Å². The van der Waals surface area contributed by atoms with E-state index in [2.05, 4.69) is 0 Å². The zero-order valence-corrected chi connectivity index (χ0v) is 17.8. The van der Waals surface area contributed by atoms with Gasteiger partial charge in [-0.15, -0.1) is 0 Å². The molecule has 0 unspecified atom stereocenters. The van der Waals surface area contributed by atoms with Crippen molar-refractivity contribution in [3.8, 4) is 39.5 Å². The number of rotatable bonds is 7. The molecule has 0 spiro atoms. The van der Waals surface area contributed by atoms with Gasteiger partial charge < -0.3 is 14.6 Å². The van der Waals surface area contributed by atoms with Gasteiger partial charge in [0.1, 0.15) is 29.7 Å². The molecule has 0 saturated heterocycles. The molecule has 6 heteroatoms. The molecule has 4 rings (SSSR count). The largest absolute Gasteiger partial charge is 0.508 e. The Hall–Kier alpha value is -3.93. The quantitative estimate of drug-likeness (QED) is 0.326. The van der Waals surface area contributed by atoms with Gasteiger partial charge in [-0.2, -0.15) is 0 Å². The maximum absolute atomic E-state index is 14.8. The average molecular weight is 450 g/mol. The predicted molar refractivity (Wildman–Crippen MR) is 121 cm³/mol. The lowest BCUT2D eigenvalue weighted by Crippen LogP contribution is -2.00. The lowest BCUT2D eigenvalue weighted by Gasteiger charge is -2.11. The van der Waals surface area contributed by atoms with Gasteiger partial charge in [0.15, 0.2) is 11.6 Å². The summed E-state index contributed by atoms with van der Waals surface area (Å²) in [4.78, 5) is 0. The van der Waals surface area contributed by atoms with Gasteiger partial charge in [-0.1, -0.05) is 36.4 Å². The van der Waals surface area contributed by atoms with Gasteiger partial charge >= 0.3 is 0 Å².